The average molecular weight is 265 g/mol. The lowest BCUT2D eigenvalue weighted by atomic mass is 9.84. The van der Waals surface area contributed by atoms with Crippen molar-refractivity contribution in [1.29, 1.82) is 0 Å². The molecule has 1 unspecified atom stereocenters. The number of hydrogen-bond acceptors (Lipinski definition) is 5. The molecular weight excluding hydrogens is 250 g/mol. The van der Waals surface area contributed by atoms with Gasteiger partial charge in [0.2, 0.25) is 0 Å². The molecule has 1 aromatic rings. The highest BCUT2D eigenvalue weighted by atomic mass is 16.6. The molecule has 1 N–H and O–H groups in total. The minimum Gasteiger partial charge on any atom is -0.481 e. The van der Waals surface area contributed by atoms with Gasteiger partial charge in [-0.05, 0) is 18.9 Å². The van der Waals surface area contributed by atoms with Crippen LogP contribution in [0, 0.1) is 15.5 Å². The van der Waals surface area contributed by atoms with Crippen molar-refractivity contribution in [3.63, 3.8) is 0 Å². The SMILES string of the molecule is CCC1(C(=O)O)CCN(c2ccc([N+](=O)[O-])cn2)C1. The summed E-state index contributed by atoms with van der Waals surface area (Å²) in [6.07, 6.45) is 2.32. The number of aliphatic carboxylic acids is 1. The second kappa shape index (κ2) is 4.83. The molecule has 2 rings (SSSR count). The lowest BCUT2D eigenvalue weighted by Gasteiger charge is -2.23. The molecule has 2 heterocycles. The normalized spacial score (nSPS) is 22.5. The molecule has 0 spiro atoms. The summed E-state index contributed by atoms with van der Waals surface area (Å²) < 4.78 is 0. The van der Waals surface area contributed by atoms with Crippen LogP contribution in [-0.4, -0.2) is 34.1 Å². The fourth-order valence-electron chi connectivity index (χ4n) is 2.36. The van der Waals surface area contributed by atoms with Crippen molar-refractivity contribution in [1.82, 2.24) is 4.98 Å². The van der Waals surface area contributed by atoms with E-state index in [1.165, 1.54) is 12.3 Å². The maximum absolute atomic E-state index is 11.3. The van der Waals surface area contributed by atoms with Gasteiger partial charge in [0.05, 0.1) is 10.3 Å². The number of carbonyl (C=O) groups is 1. The number of anilines is 1. The highest BCUT2D eigenvalue weighted by Gasteiger charge is 2.43. The van der Waals surface area contributed by atoms with Crippen molar-refractivity contribution in [2.75, 3.05) is 18.0 Å². The van der Waals surface area contributed by atoms with Gasteiger partial charge in [0.25, 0.3) is 5.69 Å². The molecule has 1 aliphatic heterocycles. The summed E-state index contributed by atoms with van der Waals surface area (Å²) in [5.74, 6) is -0.207. The van der Waals surface area contributed by atoms with Crippen molar-refractivity contribution < 1.29 is 14.8 Å². The quantitative estimate of drug-likeness (QED) is 0.657. The van der Waals surface area contributed by atoms with Crippen LogP contribution in [-0.2, 0) is 4.79 Å². The zero-order valence-electron chi connectivity index (χ0n) is 10.6. The molecule has 102 valence electrons. The Morgan fingerprint density at radius 1 is 1.63 bits per heavy atom. The minimum absolute atomic E-state index is 0.0667. The Balaban J connectivity index is 2.16. The third-order valence-corrected chi connectivity index (χ3v) is 3.75. The average Bonchev–Trinajstić information content (AvgIpc) is 2.84. The van der Waals surface area contributed by atoms with Gasteiger partial charge >= 0.3 is 5.97 Å². The number of carboxylic acid groups (broad SMARTS) is 1. The van der Waals surface area contributed by atoms with Gasteiger partial charge in [-0.25, -0.2) is 4.98 Å². The Morgan fingerprint density at radius 3 is 2.79 bits per heavy atom. The number of pyridine rings is 1. The minimum atomic E-state index is -0.792. The number of nitro groups is 1. The van der Waals surface area contributed by atoms with Crippen LogP contribution < -0.4 is 4.90 Å². The topological polar surface area (TPSA) is 96.6 Å². The fraction of sp³-hybridized carbons (Fsp3) is 0.500. The van der Waals surface area contributed by atoms with Crippen LogP contribution in [0.4, 0.5) is 11.5 Å². The van der Waals surface area contributed by atoms with Crippen LogP contribution in [0.3, 0.4) is 0 Å². The van der Waals surface area contributed by atoms with E-state index in [-0.39, 0.29) is 5.69 Å². The molecule has 0 radical (unpaired) electrons. The number of nitrogens with zero attached hydrogens (tertiary/aromatic N) is 3. The van der Waals surface area contributed by atoms with Gasteiger partial charge in [0, 0.05) is 19.2 Å². The van der Waals surface area contributed by atoms with E-state index in [4.69, 9.17) is 0 Å². The molecule has 1 fully saturated rings. The Bertz CT molecular complexity index is 502. The summed E-state index contributed by atoms with van der Waals surface area (Å²) in [6.45, 7) is 2.86. The van der Waals surface area contributed by atoms with E-state index in [9.17, 15) is 20.0 Å². The van der Waals surface area contributed by atoms with Crippen LogP contribution >= 0.6 is 0 Å². The molecule has 1 atom stereocenters. The molecule has 0 aliphatic carbocycles. The van der Waals surface area contributed by atoms with Crippen LogP contribution in [0.1, 0.15) is 19.8 Å². The molecule has 0 amide bonds. The van der Waals surface area contributed by atoms with E-state index >= 15 is 0 Å². The van der Waals surface area contributed by atoms with Crippen molar-refractivity contribution in [3.05, 3.63) is 28.4 Å². The fourth-order valence-corrected chi connectivity index (χ4v) is 2.36. The summed E-state index contributed by atoms with van der Waals surface area (Å²) in [5.41, 5.74) is -0.799. The summed E-state index contributed by atoms with van der Waals surface area (Å²) in [6, 6.07) is 2.95. The van der Waals surface area contributed by atoms with Gasteiger partial charge in [0.15, 0.2) is 0 Å². The zero-order chi connectivity index (χ0) is 14.0. The van der Waals surface area contributed by atoms with Crippen LogP contribution in [0.2, 0.25) is 0 Å². The summed E-state index contributed by atoms with van der Waals surface area (Å²) >= 11 is 0. The molecule has 7 heteroatoms. The van der Waals surface area contributed by atoms with E-state index in [0.29, 0.717) is 31.7 Å². The van der Waals surface area contributed by atoms with E-state index in [2.05, 4.69) is 4.98 Å². The largest absolute Gasteiger partial charge is 0.481 e. The van der Waals surface area contributed by atoms with E-state index in [1.54, 1.807) is 6.07 Å². The molecule has 0 bridgehead atoms. The van der Waals surface area contributed by atoms with Gasteiger partial charge in [0.1, 0.15) is 12.0 Å². The highest BCUT2D eigenvalue weighted by Crippen LogP contribution is 2.36. The summed E-state index contributed by atoms with van der Waals surface area (Å²) in [5, 5.41) is 19.9. The zero-order valence-corrected chi connectivity index (χ0v) is 10.6. The highest BCUT2D eigenvalue weighted by molar-refractivity contribution is 5.76. The Kier molecular flexibility index (Phi) is 3.37. The molecule has 1 aliphatic rings. The maximum atomic E-state index is 11.3. The summed E-state index contributed by atoms with van der Waals surface area (Å²) in [7, 11) is 0. The smallest absolute Gasteiger partial charge is 0.311 e. The number of hydrogen-bond donors (Lipinski definition) is 1. The number of aromatic nitrogens is 1. The lowest BCUT2D eigenvalue weighted by molar-refractivity contribution is -0.385. The Morgan fingerprint density at radius 2 is 2.37 bits per heavy atom. The second-order valence-electron chi connectivity index (χ2n) is 4.74. The first-order chi connectivity index (χ1) is 8.98. The molecule has 1 aromatic heterocycles. The predicted octanol–water partition coefficient (Wildman–Crippen LogP) is 1.68. The van der Waals surface area contributed by atoms with Crippen molar-refractivity contribution >= 4 is 17.5 Å². The molecule has 19 heavy (non-hydrogen) atoms. The third-order valence-electron chi connectivity index (χ3n) is 3.75. The van der Waals surface area contributed by atoms with E-state index in [1.807, 2.05) is 11.8 Å². The van der Waals surface area contributed by atoms with Gasteiger partial charge in [-0.15, -0.1) is 0 Å². The molecule has 0 saturated carbocycles. The third kappa shape index (κ3) is 2.35. The Labute approximate surface area is 110 Å². The van der Waals surface area contributed by atoms with E-state index < -0.39 is 16.3 Å². The maximum Gasteiger partial charge on any atom is 0.311 e. The monoisotopic (exact) mass is 265 g/mol. The molecule has 7 nitrogen and oxygen atoms in total. The van der Waals surface area contributed by atoms with Gasteiger partial charge < -0.3 is 10.0 Å². The first-order valence-electron chi connectivity index (χ1n) is 6.07. The number of rotatable bonds is 4. The first-order valence-corrected chi connectivity index (χ1v) is 6.07. The second-order valence-corrected chi connectivity index (χ2v) is 4.74. The van der Waals surface area contributed by atoms with Crippen molar-refractivity contribution in [3.8, 4) is 0 Å². The van der Waals surface area contributed by atoms with Crippen molar-refractivity contribution in [2.45, 2.75) is 19.8 Å². The van der Waals surface area contributed by atoms with E-state index in [0.717, 1.165) is 0 Å². The van der Waals surface area contributed by atoms with Gasteiger partial charge in [-0.3, -0.25) is 14.9 Å². The predicted molar refractivity (Wildman–Crippen MR) is 68.1 cm³/mol. The van der Waals surface area contributed by atoms with Gasteiger partial charge in [-0.1, -0.05) is 6.92 Å². The van der Waals surface area contributed by atoms with Crippen molar-refractivity contribution in [2.24, 2.45) is 5.41 Å². The van der Waals surface area contributed by atoms with Crippen LogP contribution in [0.15, 0.2) is 18.3 Å². The standard InChI is InChI=1S/C12H15N3O4/c1-2-12(11(16)17)5-6-14(8-12)10-4-3-9(7-13-10)15(18)19/h3-4,7H,2,5-6,8H2,1H3,(H,16,17). The molecule has 1 saturated heterocycles. The number of carboxylic acids is 1. The van der Waals surface area contributed by atoms with Crippen LogP contribution in [0.5, 0.6) is 0 Å². The summed E-state index contributed by atoms with van der Waals surface area (Å²) in [4.78, 5) is 27.3. The lowest BCUT2D eigenvalue weighted by Crippen LogP contribution is -2.34. The van der Waals surface area contributed by atoms with Gasteiger partial charge in [-0.2, -0.15) is 0 Å². The molecule has 0 aromatic carbocycles. The molecular formula is C12H15N3O4. The Hall–Kier alpha value is -2.18. The van der Waals surface area contributed by atoms with Crippen LogP contribution in [0.25, 0.3) is 0 Å². The first kappa shape index (κ1) is 13.3.